The summed E-state index contributed by atoms with van der Waals surface area (Å²) >= 11 is 0. The Morgan fingerprint density at radius 1 is 1.27 bits per heavy atom. The Morgan fingerprint density at radius 2 is 1.80 bits per heavy atom. The van der Waals surface area contributed by atoms with Crippen molar-refractivity contribution in [2.45, 2.75) is 39.5 Å². The monoisotopic (exact) mass is 217 g/mol. The van der Waals surface area contributed by atoms with E-state index in [2.05, 4.69) is 6.92 Å². The number of rotatable bonds is 6. The van der Waals surface area contributed by atoms with Crippen molar-refractivity contribution >= 4 is 12.4 Å². The highest BCUT2D eigenvalue weighted by Gasteiger charge is 1.98. The number of unbranched alkanes of at least 4 members (excludes halogenated alkanes) is 2. The van der Waals surface area contributed by atoms with E-state index < -0.39 is 0 Å². The van der Waals surface area contributed by atoms with Crippen molar-refractivity contribution in [1.82, 2.24) is 4.90 Å². The highest BCUT2D eigenvalue weighted by molar-refractivity contribution is 5.69. The molecule has 90 valence electrons. The predicted molar refractivity (Wildman–Crippen MR) is 60.5 cm³/mol. The maximum absolute atomic E-state index is 10.7. The lowest BCUT2D eigenvalue weighted by atomic mass is 10.2. The lowest BCUT2D eigenvalue weighted by molar-refractivity contribution is -0.143. The number of hydrogen-bond donors (Lipinski definition) is 0. The normalized spacial score (nSPS) is 8.53. The van der Waals surface area contributed by atoms with Crippen LogP contribution in [0.2, 0.25) is 0 Å². The van der Waals surface area contributed by atoms with Crippen LogP contribution in [0.25, 0.3) is 0 Å². The van der Waals surface area contributed by atoms with Gasteiger partial charge in [0.05, 0.1) is 6.61 Å². The van der Waals surface area contributed by atoms with Crippen LogP contribution in [0.3, 0.4) is 0 Å². The van der Waals surface area contributed by atoms with Crippen molar-refractivity contribution in [3.8, 4) is 0 Å². The van der Waals surface area contributed by atoms with Gasteiger partial charge < -0.3 is 9.64 Å². The molecule has 0 aliphatic carbocycles. The molecule has 4 nitrogen and oxygen atoms in total. The van der Waals surface area contributed by atoms with Gasteiger partial charge in [-0.3, -0.25) is 9.59 Å². The molecule has 0 aromatic rings. The lowest BCUT2D eigenvalue weighted by Gasteiger charge is -1.99. The van der Waals surface area contributed by atoms with E-state index in [-0.39, 0.29) is 5.97 Å². The summed E-state index contributed by atoms with van der Waals surface area (Å²) in [6.07, 6.45) is 4.58. The largest absolute Gasteiger partial charge is 0.466 e. The minimum Gasteiger partial charge on any atom is -0.466 e. The van der Waals surface area contributed by atoms with Gasteiger partial charge in [-0.15, -0.1) is 0 Å². The smallest absolute Gasteiger partial charge is 0.305 e. The van der Waals surface area contributed by atoms with Crippen molar-refractivity contribution in [3.63, 3.8) is 0 Å². The van der Waals surface area contributed by atoms with Crippen molar-refractivity contribution < 1.29 is 14.3 Å². The van der Waals surface area contributed by atoms with E-state index in [1.165, 1.54) is 4.90 Å². The fourth-order valence-corrected chi connectivity index (χ4v) is 0.752. The van der Waals surface area contributed by atoms with Crippen molar-refractivity contribution in [2.75, 3.05) is 20.7 Å². The molecule has 0 aromatic heterocycles. The highest BCUT2D eigenvalue weighted by Crippen LogP contribution is 1.99. The average Bonchev–Trinajstić information content (AvgIpc) is 2.19. The number of carbonyl (C=O) groups excluding carboxylic acids is 2. The first kappa shape index (κ1) is 16.4. The first-order valence-electron chi connectivity index (χ1n) is 5.35. The SMILES string of the molecule is CCCCCC(=O)OCC.CN(C)C=O. The zero-order valence-electron chi connectivity index (χ0n) is 10.3. The molecule has 0 heterocycles. The van der Waals surface area contributed by atoms with Crippen LogP contribution in [0.5, 0.6) is 0 Å². The van der Waals surface area contributed by atoms with Gasteiger partial charge in [0.15, 0.2) is 0 Å². The molecule has 0 spiro atoms. The van der Waals surface area contributed by atoms with Gasteiger partial charge in [-0.1, -0.05) is 19.8 Å². The van der Waals surface area contributed by atoms with Gasteiger partial charge in [0.25, 0.3) is 0 Å². The molecule has 0 aliphatic rings. The molecule has 15 heavy (non-hydrogen) atoms. The summed E-state index contributed by atoms with van der Waals surface area (Å²) in [6, 6.07) is 0. The van der Waals surface area contributed by atoms with E-state index in [0.717, 1.165) is 25.7 Å². The summed E-state index contributed by atoms with van der Waals surface area (Å²) < 4.78 is 4.75. The summed E-state index contributed by atoms with van der Waals surface area (Å²) in [6.45, 7) is 4.45. The van der Waals surface area contributed by atoms with Gasteiger partial charge in [-0.05, 0) is 13.3 Å². The fraction of sp³-hybridized carbons (Fsp3) is 0.818. The lowest BCUT2D eigenvalue weighted by Crippen LogP contribution is -2.06. The van der Waals surface area contributed by atoms with Gasteiger partial charge in [-0.25, -0.2) is 0 Å². The number of esters is 1. The van der Waals surface area contributed by atoms with E-state index in [4.69, 9.17) is 4.74 Å². The standard InChI is InChI=1S/C8H16O2.C3H7NO/c1-3-5-6-7-8(9)10-4-2;1-4(2)3-5/h3-7H2,1-2H3;3H,1-2H3. The molecule has 0 N–H and O–H groups in total. The fourth-order valence-electron chi connectivity index (χ4n) is 0.752. The average molecular weight is 217 g/mol. The van der Waals surface area contributed by atoms with Crippen molar-refractivity contribution in [1.29, 1.82) is 0 Å². The Labute approximate surface area is 92.6 Å². The Morgan fingerprint density at radius 3 is 2.13 bits per heavy atom. The summed E-state index contributed by atoms with van der Waals surface area (Å²) in [5.74, 6) is -0.0593. The van der Waals surface area contributed by atoms with E-state index in [1.807, 2.05) is 6.92 Å². The zero-order valence-corrected chi connectivity index (χ0v) is 10.3. The molecule has 0 saturated carbocycles. The van der Waals surface area contributed by atoms with Crippen LogP contribution in [-0.4, -0.2) is 38.0 Å². The maximum atomic E-state index is 10.7. The summed E-state index contributed by atoms with van der Waals surface area (Å²) in [5.41, 5.74) is 0. The Kier molecular flexibility index (Phi) is 14.1. The molecule has 0 unspecified atom stereocenters. The van der Waals surface area contributed by atoms with Crippen LogP contribution in [0.4, 0.5) is 0 Å². The summed E-state index contributed by atoms with van der Waals surface area (Å²) in [5, 5.41) is 0. The molecule has 0 saturated heterocycles. The van der Waals surface area contributed by atoms with Gasteiger partial charge in [0.1, 0.15) is 0 Å². The number of ether oxygens (including phenoxy) is 1. The van der Waals surface area contributed by atoms with Crippen LogP contribution in [0, 0.1) is 0 Å². The topological polar surface area (TPSA) is 46.6 Å². The second-order valence-corrected chi connectivity index (χ2v) is 3.33. The third-order valence-electron chi connectivity index (χ3n) is 1.50. The molecule has 1 amide bonds. The van der Waals surface area contributed by atoms with E-state index in [9.17, 15) is 9.59 Å². The first-order valence-corrected chi connectivity index (χ1v) is 5.35. The van der Waals surface area contributed by atoms with Crippen LogP contribution in [0.15, 0.2) is 0 Å². The first-order chi connectivity index (χ1) is 7.08. The number of amides is 1. The number of hydrogen-bond acceptors (Lipinski definition) is 3. The van der Waals surface area contributed by atoms with Gasteiger partial charge in [-0.2, -0.15) is 0 Å². The zero-order chi connectivity index (χ0) is 12.1. The Hall–Kier alpha value is -1.06. The van der Waals surface area contributed by atoms with Gasteiger partial charge in [0, 0.05) is 20.5 Å². The minimum atomic E-state index is -0.0593. The molecule has 0 radical (unpaired) electrons. The third kappa shape index (κ3) is 19.4. The Bertz CT molecular complexity index is 158. The molecule has 0 bridgehead atoms. The molecular weight excluding hydrogens is 194 g/mol. The van der Waals surface area contributed by atoms with Gasteiger partial charge >= 0.3 is 5.97 Å². The van der Waals surface area contributed by atoms with E-state index in [0.29, 0.717) is 13.0 Å². The second-order valence-electron chi connectivity index (χ2n) is 3.33. The maximum Gasteiger partial charge on any atom is 0.305 e. The van der Waals surface area contributed by atoms with Crippen LogP contribution in [-0.2, 0) is 14.3 Å². The summed E-state index contributed by atoms with van der Waals surface area (Å²) in [4.78, 5) is 21.6. The van der Waals surface area contributed by atoms with E-state index in [1.54, 1.807) is 14.1 Å². The number of carbonyl (C=O) groups is 2. The Balaban J connectivity index is 0. The van der Waals surface area contributed by atoms with Crippen molar-refractivity contribution in [3.05, 3.63) is 0 Å². The van der Waals surface area contributed by atoms with Crippen LogP contribution >= 0.6 is 0 Å². The third-order valence-corrected chi connectivity index (χ3v) is 1.50. The van der Waals surface area contributed by atoms with Crippen LogP contribution in [0.1, 0.15) is 39.5 Å². The molecule has 0 fully saturated rings. The molecule has 0 rings (SSSR count). The van der Waals surface area contributed by atoms with E-state index >= 15 is 0 Å². The quantitative estimate of drug-likeness (QED) is 0.387. The van der Waals surface area contributed by atoms with Gasteiger partial charge in [0.2, 0.25) is 6.41 Å². The molecule has 0 aliphatic heterocycles. The molecule has 0 aromatic carbocycles. The molecule has 4 heteroatoms. The highest BCUT2D eigenvalue weighted by atomic mass is 16.5. The predicted octanol–water partition coefficient (Wildman–Crippen LogP) is 1.83. The summed E-state index contributed by atoms with van der Waals surface area (Å²) in [7, 11) is 3.38. The molecule has 0 atom stereocenters. The second kappa shape index (κ2) is 12.9. The van der Waals surface area contributed by atoms with Crippen LogP contribution < -0.4 is 0 Å². The minimum absolute atomic E-state index is 0.0593. The molecular formula is C11H23NO3. The number of nitrogens with zero attached hydrogens (tertiary/aromatic N) is 1. The van der Waals surface area contributed by atoms with Crippen molar-refractivity contribution in [2.24, 2.45) is 0 Å².